The second-order valence-corrected chi connectivity index (χ2v) is 4.14. The molecule has 0 saturated carbocycles. The van der Waals surface area contributed by atoms with Crippen LogP contribution in [-0.4, -0.2) is 23.2 Å². The van der Waals surface area contributed by atoms with E-state index in [4.69, 9.17) is 5.11 Å². The fraction of sp³-hybridized carbons (Fsp3) is 0.300. The van der Waals surface area contributed by atoms with Gasteiger partial charge in [0.05, 0.1) is 0 Å². The molecule has 2 rings (SSSR count). The van der Waals surface area contributed by atoms with Crippen LogP contribution in [0.2, 0.25) is 0 Å². The highest BCUT2D eigenvalue weighted by Crippen LogP contribution is 2.31. The first-order chi connectivity index (χ1) is 6.31. The number of hydrogen-bond acceptors (Lipinski definition) is 3. The molecule has 0 aliphatic carbocycles. The molecule has 68 valence electrons. The Labute approximate surface area is 81.0 Å². The van der Waals surface area contributed by atoms with Crippen molar-refractivity contribution in [3.63, 3.8) is 0 Å². The number of hydrogen-bond donors (Lipinski definition) is 1. The van der Waals surface area contributed by atoms with Crippen LogP contribution in [0, 0.1) is 0 Å². The number of fused-ring (bicyclic) bond motifs is 1. The molecule has 1 N–H and O–H groups in total. The molecule has 2 nitrogen and oxygen atoms in total. The van der Waals surface area contributed by atoms with E-state index >= 15 is 0 Å². The van der Waals surface area contributed by atoms with Crippen LogP contribution in [0.3, 0.4) is 0 Å². The minimum absolute atomic E-state index is 0.199. The standard InChI is InChI=1S/C10H10O2S/c11-6-9(12)8-2-1-7-3-4-13-10(7)5-8/h1-2,5,11H,3-4,6H2. The molecule has 0 radical (unpaired) electrons. The molecular weight excluding hydrogens is 184 g/mol. The van der Waals surface area contributed by atoms with Gasteiger partial charge in [-0.2, -0.15) is 0 Å². The SMILES string of the molecule is O=C(CO)c1ccc2c(c1)SCC2. The van der Waals surface area contributed by atoms with Crippen LogP contribution in [-0.2, 0) is 6.42 Å². The number of rotatable bonds is 2. The topological polar surface area (TPSA) is 37.3 Å². The van der Waals surface area contributed by atoms with Gasteiger partial charge in [0.1, 0.15) is 6.61 Å². The van der Waals surface area contributed by atoms with Crippen molar-refractivity contribution in [1.29, 1.82) is 0 Å². The van der Waals surface area contributed by atoms with Crippen LogP contribution in [0.1, 0.15) is 15.9 Å². The molecule has 13 heavy (non-hydrogen) atoms. The predicted molar refractivity (Wildman–Crippen MR) is 52.3 cm³/mol. The van der Waals surface area contributed by atoms with E-state index in [1.165, 1.54) is 10.5 Å². The van der Waals surface area contributed by atoms with Gasteiger partial charge in [0.15, 0.2) is 5.78 Å². The van der Waals surface area contributed by atoms with Crippen LogP contribution >= 0.6 is 11.8 Å². The van der Waals surface area contributed by atoms with Crippen molar-refractivity contribution in [3.8, 4) is 0 Å². The zero-order valence-corrected chi connectivity index (χ0v) is 7.93. The second-order valence-electron chi connectivity index (χ2n) is 3.00. The van der Waals surface area contributed by atoms with E-state index < -0.39 is 6.61 Å². The monoisotopic (exact) mass is 194 g/mol. The highest BCUT2D eigenvalue weighted by Gasteiger charge is 2.13. The van der Waals surface area contributed by atoms with E-state index in [2.05, 4.69) is 0 Å². The van der Waals surface area contributed by atoms with Gasteiger partial charge in [-0.25, -0.2) is 0 Å². The van der Waals surface area contributed by atoms with Crippen LogP contribution in [0.5, 0.6) is 0 Å². The lowest BCUT2D eigenvalue weighted by Gasteiger charge is -2.01. The van der Waals surface area contributed by atoms with E-state index in [1.807, 2.05) is 12.1 Å². The van der Waals surface area contributed by atoms with Gasteiger partial charge in [0.2, 0.25) is 0 Å². The molecule has 1 heterocycles. The van der Waals surface area contributed by atoms with E-state index in [1.54, 1.807) is 17.8 Å². The number of carbonyl (C=O) groups excluding carboxylic acids is 1. The number of Topliss-reactive ketones (excluding diaryl/α,β-unsaturated/α-hetero) is 1. The Kier molecular flexibility index (Phi) is 2.38. The Bertz CT molecular complexity index is 347. The summed E-state index contributed by atoms with van der Waals surface area (Å²) < 4.78 is 0. The van der Waals surface area contributed by atoms with Gasteiger partial charge >= 0.3 is 0 Å². The minimum Gasteiger partial charge on any atom is -0.388 e. The van der Waals surface area contributed by atoms with Gasteiger partial charge in [0.25, 0.3) is 0 Å². The number of ketones is 1. The van der Waals surface area contributed by atoms with E-state index in [0.29, 0.717) is 5.56 Å². The molecule has 1 aromatic rings. The highest BCUT2D eigenvalue weighted by atomic mass is 32.2. The van der Waals surface area contributed by atoms with Gasteiger partial charge in [-0.3, -0.25) is 4.79 Å². The fourth-order valence-electron chi connectivity index (χ4n) is 1.43. The van der Waals surface area contributed by atoms with E-state index in [-0.39, 0.29) is 5.78 Å². The lowest BCUT2D eigenvalue weighted by Crippen LogP contribution is -2.04. The Hall–Kier alpha value is -0.800. The van der Waals surface area contributed by atoms with Crippen molar-refractivity contribution in [2.24, 2.45) is 0 Å². The third-order valence-corrected chi connectivity index (χ3v) is 3.26. The van der Waals surface area contributed by atoms with Crippen LogP contribution in [0.4, 0.5) is 0 Å². The molecule has 1 aromatic carbocycles. The highest BCUT2D eigenvalue weighted by molar-refractivity contribution is 7.99. The first kappa shape index (κ1) is 8.78. The molecule has 0 unspecified atom stereocenters. The lowest BCUT2D eigenvalue weighted by molar-refractivity contribution is 0.0903. The number of aliphatic hydroxyl groups excluding tert-OH is 1. The van der Waals surface area contributed by atoms with E-state index in [9.17, 15) is 4.79 Å². The quantitative estimate of drug-likeness (QED) is 0.725. The first-order valence-corrected chi connectivity index (χ1v) is 5.19. The zero-order valence-electron chi connectivity index (χ0n) is 7.12. The van der Waals surface area contributed by atoms with Crippen LogP contribution in [0.25, 0.3) is 0 Å². The molecule has 1 aliphatic rings. The minimum atomic E-state index is -0.399. The molecule has 0 saturated heterocycles. The molecule has 0 aromatic heterocycles. The third kappa shape index (κ3) is 1.62. The average molecular weight is 194 g/mol. The zero-order chi connectivity index (χ0) is 9.26. The van der Waals surface area contributed by atoms with Gasteiger partial charge in [-0.1, -0.05) is 12.1 Å². The first-order valence-electron chi connectivity index (χ1n) is 4.21. The third-order valence-electron chi connectivity index (χ3n) is 2.16. The van der Waals surface area contributed by atoms with Crippen molar-refractivity contribution < 1.29 is 9.90 Å². The Morgan fingerprint density at radius 1 is 1.54 bits per heavy atom. The fourth-order valence-corrected chi connectivity index (χ4v) is 2.54. The lowest BCUT2D eigenvalue weighted by atomic mass is 10.1. The van der Waals surface area contributed by atoms with Crippen molar-refractivity contribution in [3.05, 3.63) is 29.3 Å². The summed E-state index contributed by atoms with van der Waals surface area (Å²) in [6, 6.07) is 5.66. The largest absolute Gasteiger partial charge is 0.388 e. The number of aliphatic hydroxyl groups is 1. The second kappa shape index (κ2) is 3.52. The number of benzene rings is 1. The van der Waals surface area contributed by atoms with Crippen molar-refractivity contribution in [2.45, 2.75) is 11.3 Å². The maximum atomic E-state index is 11.2. The molecule has 1 aliphatic heterocycles. The molecular formula is C10H10O2S. The molecule has 0 bridgehead atoms. The number of aryl methyl sites for hydroxylation is 1. The summed E-state index contributed by atoms with van der Waals surface area (Å²) in [5, 5.41) is 8.68. The Balaban J connectivity index is 2.36. The summed E-state index contributed by atoms with van der Waals surface area (Å²) in [6.45, 7) is -0.399. The molecule has 0 atom stereocenters. The molecule has 0 fully saturated rings. The van der Waals surface area contributed by atoms with Crippen molar-refractivity contribution >= 4 is 17.5 Å². The molecule has 0 spiro atoms. The van der Waals surface area contributed by atoms with E-state index in [0.717, 1.165) is 12.2 Å². The molecule has 3 heteroatoms. The maximum absolute atomic E-state index is 11.2. The van der Waals surface area contributed by atoms with Gasteiger partial charge in [0, 0.05) is 16.2 Å². The smallest absolute Gasteiger partial charge is 0.188 e. The van der Waals surface area contributed by atoms with Crippen LogP contribution < -0.4 is 0 Å². The normalized spacial score (nSPS) is 14.2. The summed E-state index contributed by atoms with van der Waals surface area (Å²) in [5.41, 5.74) is 1.94. The summed E-state index contributed by atoms with van der Waals surface area (Å²) in [7, 11) is 0. The summed E-state index contributed by atoms with van der Waals surface area (Å²) in [6.07, 6.45) is 1.09. The van der Waals surface area contributed by atoms with Crippen molar-refractivity contribution in [2.75, 3.05) is 12.4 Å². The summed E-state index contributed by atoms with van der Waals surface area (Å²) in [4.78, 5) is 12.3. The Morgan fingerprint density at radius 2 is 2.38 bits per heavy atom. The number of thioether (sulfide) groups is 1. The summed E-state index contributed by atoms with van der Waals surface area (Å²) >= 11 is 1.78. The van der Waals surface area contributed by atoms with Crippen molar-refractivity contribution in [1.82, 2.24) is 0 Å². The number of carbonyl (C=O) groups is 1. The van der Waals surface area contributed by atoms with Gasteiger partial charge in [-0.15, -0.1) is 11.8 Å². The average Bonchev–Trinajstić information content (AvgIpc) is 2.63. The molecule has 0 amide bonds. The predicted octanol–water partition coefficient (Wildman–Crippen LogP) is 1.51. The summed E-state index contributed by atoms with van der Waals surface area (Å²) in [5.74, 6) is 0.904. The van der Waals surface area contributed by atoms with Gasteiger partial charge < -0.3 is 5.11 Å². The van der Waals surface area contributed by atoms with Crippen LogP contribution in [0.15, 0.2) is 23.1 Å². The maximum Gasteiger partial charge on any atom is 0.188 e. The van der Waals surface area contributed by atoms with Gasteiger partial charge in [-0.05, 0) is 18.1 Å². The Morgan fingerprint density at radius 3 is 3.15 bits per heavy atom.